The van der Waals surface area contributed by atoms with E-state index in [-0.39, 0.29) is 37.5 Å². The average Bonchev–Trinajstić information content (AvgIpc) is 3.28. The summed E-state index contributed by atoms with van der Waals surface area (Å²) in [5.41, 5.74) is 0. The zero-order chi connectivity index (χ0) is 45.8. The summed E-state index contributed by atoms with van der Waals surface area (Å²) in [6, 6.07) is 0. The summed E-state index contributed by atoms with van der Waals surface area (Å²) in [6.07, 6.45) is 67.9. The zero-order valence-corrected chi connectivity index (χ0v) is 40.5. The fraction of sp³-hybridized carbons (Fsp3) is 0.632. The molecule has 0 bridgehead atoms. The average molecular weight is 873 g/mol. The number of esters is 3. The molecule has 0 heterocycles. The zero-order valence-electron chi connectivity index (χ0n) is 40.5. The summed E-state index contributed by atoms with van der Waals surface area (Å²) in [5, 5.41) is 0. The first-order chi connectivity index (χ1) is 31.0. The highest BCUT2D eigenvalue weighted by Crippen LogP contribution is 2.13. The van der Waals surface area contributed by atoms with Crippen LogP contribution in [0, 0.1) is 0 Å². The van der Waals surface area contributed by atoms with Gasteiger partial charge in [-0.15, -0.1) is 0 Å². The Labute approximate surface area is 387 Å². The number of ether oxygens (including phenoxy) is 3. The lowest BCUT2D eigenvalue weighted by Crippen LogP contribution is -2.30. The molecule has 0 fully saturated rings. The second kappa shape index (κ2) is 50.7. The highest BCUT2D eigenvalue weighted by molar-refractivity contribution is 5.71. The van der Waals surface area contributed by atoms with Gasteiger partial charge in [-0.2, -0.15) is 0 Å². The summed E-state index contributed by atoms with van der Waals surface area (Å²) in [7, 11) is 0. The molecule has 0 aliphatic carbocycles. The van der Waals surface area contributed by atoms with Crippen LogP contribution in [0.3, 0.4) is 0 Å². The van der Waals surface area contributed by atoms with Crippen LogP contribution in [-0.2, 0) is 28.6 Å². The minimum Gasteiger partial charge on any atom is -0.462 e. The topological polar surface area (TPSA) is 78.9 Å². The van der Waals surface area contributed by atoms with E-state index in [0.29, 0.717) is 19.3 Å². The maximum atomic E-state index is 12.8. The van der Waals surface area contributed by atoms with Crippen molar-refractivity contribution < 1.29 is 28.6 Å². The largest absolute Gasteiger partial charge is 0.462 e. The molecule has 0 saturated carbocycles. The summed E-state index contributed by atoms with van der Waals surface area (Å²) in [5.74, 6) is -1.02. The van der Waals surface area contributed by atoms with Crippen molar-refractivity contribution >= 4 is 17.9 Å². The van der Waals surface area contributed by atoms with Crippen LogP contribution in [0.15, 0.2) is 109 Å². The Kier molecular flexibility index (Phi) is 47.5. The molecule has 0 aromatic rings. The molecule has 0 aliphatic rings. The van der Waals surface area contributed by atoms with Crippen molar-refractivity contribution in [2.45, 2.75) is 219 Å². The van der Waals surface area contributed by atoms with Crippen molar-refractivity contribution in [3.63, 3.8) is 0 Å². The van der Waals surface area contributed by atoms with Crippen LogP contribution >= 0.6 is 0 Å². The first kappa shape index (κ1) is 59.1. The highest BCUT2D eigenvalue weighted by atomic mass is 16.6. The van der Waals surface area contributed by atoms with E-state index in [9.17, 15) is 14.4 Å². The molecule has 0 rings (SSSR count). The van der Waals surface area contributed by atoms with Crippen molar-refractivity contribution in [2.24, 2.45) is 0 Å². The van der Waals surface area contributed by atoms with Crippen LogP contribution < -0.4 is 0 Å². The molecule has 6 heteroatoms. The van der Waals surface area contributed by atoms with Gasteiger partial charge >= 0.3 is 17.9 Å². The molecular weight excluding hydrogens is 781 g/mol. The van der Waals surface area contributed by atoms with Crippen molar-refractivity contribution in [1.82, 2.24) is 0 Å². The van der Waals surface area contributed by atoms with Crippen LogP contribution in [-0.4, -0.2) is 37.2 Å². The molecule has 0 spiro atoms. The Bertz CT molecular complexity index is 1330. The highest BCUT2D eigenvalue weighted by Gasteiger charge is 2.19. The third-order valence-corrected chi connectivity index (χ3v) is 10.3. The van der Waals surface area contributed by atoms with Gasteiger partial charge in [0.15, 0.2) is 6.10 Å². The Balaban J connectivity index is 4.55. The van der Waals surface area contributed by atoms with Crippen LogP contribution in [0.4, 0.5) is 0 Å². The standard InChI is InChI=1S/C57H92O6/c1-4-7-10-13-16-19-22-25-27-28-30-32-35-38-41-44-47-50-56(59)62-53-54(52-61-55(58)49-46-43-40-37-34-31-24-21-18-15-12-9-6-3)63-57(60)51-48-45-42-39-36-33-29-26-23-20-17-14-11-8-5-2/h9,12,15-16,18-21,23-25,27,30-32,34,38,41,54H,4-8,10-11,13-14,17,22,26,28-29,33,35-37,39-40,42-53H2,1-3H3/b12-9-,18-15-,19-16-,23-20-,24-21-,27-25-,32-30-,34-31-,41-38-. The minimum atomic E-state index is -0.819. The minimum absolute atomic E-state index is 0.119. The predicted molar refractivity (Wildman–Crippen MR) is 270 cm³/mol. The molecule has 1 unspecified atom stereocenters. The van der Waals surface area contributed by atoms with E-state index in [1.165, 1.54) is 89.9 Å². The Morgan fingerprint density at radius 3 is 1.24 bits per heavy atom. The third kappa shape index (κ3) is 49.0. The van der Waals surface area contributed by atoms with Gasteiger partial charge in [0.1, 0.15) is 13.2 Å². The van der Waals surface area contributed by atoms with E-state index in [4.69, 9.17) is 14.2 Å². The van der Waals surface area contributed by atoms with E-state index < -0.39 is 6.10 Å². The lowest BCUT2D eigenvalue weighted by Gasteiger charge is -2.18. The van der Waals surface area contributed by atoms with E-state index in [1.807, 2.05) is 36.5 Å². The molecule has 0 aliphatic heterocycles. The van der Waals surface area contributed by atoms with Gasteiger partial charge in [0.2, 0.25) is 0 Å². The molecule has 0 radical (unpaired) electrons. The van der Waals surface area contributed by atoms with Gasteiger partial charge in [0.05, 0.1) is 0 Å². The molecule has 0 N–H and O–H groups in total. The number of hydrogen-bond acceptors (Lipinski definition) is 6. The summed E-state index contributed by atoms with van der Waals surface area (Å²) in [4.78, 5) is 37.9. The summed E-state index contributed by atoms with van der Waals surface area (Å²) >= 11 is 0. The van der Waals surface area contributed by atoms with Crippen molar-refractivity contribution in [2.75, 3.05) is 13.2 Å². The van der Waals surface area contributed by atoms with E-state index in [2.05, 4.69) is 93.7 Å². The van der Waals surface area contributed by atoms with Gasteiger partial charge in [-0.3, -0.25) is 14.4 Å². The smallest absolute Gasteiger partial charge is 0.306 e. The normalized spacial score (nSPS) is 13.0. The summed E-state index contributed by atoms with van der Waals surface area (Å²) < 4.78 is 16.7. The quantitative estimate of drug-likeness (QED) is 0.0199. The van der Waals surface area contributed by atoms with Crippen LogP contribution in [0.2, 0.25) is 0 Å². The SMILES string of the molecule is CC\C=C/C=C\C=C/C=C\CCCCCC(=O)OCC(COC(=O)CCC/C=C\C/C=C\C/C=C\C/C=C\CCCCC)OC(=O)CCCCCCCCC/C=C\CCCCCC. The predicted octanol–water partition coefficient (Wildman–Crippen LogP) is 16.8. The summed E-state index contributed by atoms with van der Waals surface area (Å²) in [6.45, 7) is 6.35. The maximum absolute atomic E-state index is 12.8. The van der Waals surface area contributed by atoms with Crippen molar-refractivity contribution in [1.29, 1.82) is 0 Å². The van der Waals surface area contributed by atoms with Crippen LogP contribution in [0.5, 0.6) is 0 Å². The second-order valence-electron chi connectivity index (χ2n) is 16.4. The monoisotopic (exact) mass is 873 g/mol. The lowest BCUT2D eigenvalue weighted by atomic mass is 10.1. The molecule has 0 aromatic heterocycles. The van der Waals surface area contributed by atoms with Crippen LogP contribution in [0.1, 0.15) is 213 Å². The number of hydrogen-bond donors (Lipinski definition) is 0. The van der Waals surface area contributed by atoms with Gasteiger partial charge < -0.3 is 14.2 Å². The maximum Gasteiger partial charge on any atom is 0.306 e. The number of carbonyl (C=O) groups is 3. The van der Waals surface area contributed by atoms with Crippen molar-refractivity contribution in [3.8, 4) is 0 Å². The van der Waals surface area contributed by atoms with E-state index >= 15 is 0 Å². The Morgan fingerprint density at radius 1 is 0.349 bits per heavy atom. The fourth-order valence-electron chi connectivity index (χ4n) is 6.50. The first-order valence-corrected chi connectivity index (χ1v) is 25.4. The van der Waals surface area contributed by atoms with Gasteiger partial charge in [0.25, 0.3) is 0 Å². The van der Waals surface area contributed by atoms with Gasteiger partial charge in [-0.05, 0) is 103 Å². The Hall–Kier alpha value is -3.93. The molecule has 63 heavy (non-hydrogen) atoms. The Morgan fingerprint density at radius 2 is 0.698 bits per heavy atom. The lowest BCUT2D eigenvalue weighted by molar-refractivity contribution is -0.167. The molecule has 0 amide bonds. The number of rotatable bonds is 44. The van der Waals surface area contributed by atoms with Gasteiger partial charge in [0, 0.05) is 19.3 Å². The molecule has 0 aromatic carbocycles. The first-order valence-electron chi connectivity index (χ1n) is 25.4. The number of carbonyl (C=O) groups excluding carboxylic acids is 3. The van der Waals surface area contributed by atoms with Gasteiger partial charge in [-0.1, -0.05) is 201 Å². The molecule has 1 atom stereocenters. The van der Waals surface area contributed by atoms with E-state index in [0.717, 1.165) is 77.0 Å². The second-order valence-corrected chi connectivity index (χ2v) is 16.4. The fourth-order valence-corrected chi connectivity index (χ4v) is 6.50. The van der Waals surface area contributed by atoms with Crippen molar-refractivity contribution in [3.05, 3.63) is 109 Å². The molecule has 0 saturated heterocycles. The molecule has 356 valence electrons. The number of allylic oxidation sites excluding steroid dienone is 18. The van der Waals surface area contributed by atoms with Crippen LogP contribution in [0.25, 0.3) is 0 Å². The molecular formula is C57H92O6. The third-order valence-electron chi connectivity index (χ3n) is 10.3. The number of unbranched alkanes of at least 4 members (excludes halogenated alkanes) is 18. The van der Waals surface area contributed by atoms with Gasteiger partial charge in [-0.25, -0.2) is 0 Å². The van der Waals surface area contributed by atoms with E-state index in [1.54, 1.807) is 0 Å². The molecule has 6 nitrogen and oxygen atoms in total.